The number of aryl methyl sites for hydroxylation is 2. The topological polar surface area (TPSA) is 100 Å². The van der Waals surface area contributed by atoms with Gasteiger partial charge < -0.3 is 21.2 Å². The average Bonchev–Trinajstić information content (AvgIpc) is 3.16. The molecule has 3 aromatic rings. The highest BCUT2D eigenvalue weighted by Gasteiger charge is 2.25. The lowest BCUT2D eigenvalue weighted by molar-refractivity contribution is 0.0612. The molecule has 0 saturated carbocycles. The number of halogens is 1. The maximum absolute atomic E-state index is 13.0. The van der Waals surface area contributed by atoms with Crippen molar-refractivity contribution < 1.29 is 9.13 Å². The smallest absolute Gasteiger partial charge is 0.144 e. The van der Waals surface area contributed by atoms with Gasteiger partial charge in [0.25, 0.3) is 0 Å². The SMILES string of the molecule is N=Cc1cc(Nc2ncnc3sc4c(c23)CCCC4)c(OCCCN2CC(F)C2)cc1N. The zero-order chi connectivity index (χ0) is 22.1. The number of anilines is 3. The molecule has 5 rings (SSSR count). The first-order chi connectivity index (χ1) is 15.6. The van der Waals surface area contributed by atoms with Gasteiger partial charge in [-0.15, -0.1) is 11.3 Å². The fourth-order valence-electron chi connectivity index (χ4n) is 4.43. The number of alkyl halides is 1. The van der Waals surface area contributed by atoms with Crippen LogP contribution in [-0.2, 0) is 12.8 Å². The number of ether oxygens (including phenoxy) is 1. The Kier molecular flexibility index (Phi) is 5.93. The van der Waals surface area contributed by atoms with Crippen LogP contribution in [0.15, 0.2) is 18.5 Å². The molecule has 1 saturated heterocycles. The standard InChI is InChI=1S/C23H27FN6OS/c24-15-11-30(12-15)6-3-7-31-19-9-17(26)14(10-25)8-18(19)29-22-21-16-4-1-2-5-20(16)32-23(21)28-13-27-22/h8-10,13,15,25H,1-7,11-12,26H2,(H,27,28,29). The third-order valence-electron chi connectivity index (χ3n) is 6.13. The van der Waals surface area contributed by atoms with Crippen molar-refractivity contribution >= 4 is 45.0 Å². The number of benzene rings is 1. The Labute approximate surface area is 190 Å². The van der Waals surface area contributed by atoms with Crippen LogP contribution >= 0.6 is 11.3 Å². The normalized spacial score (nSPS) is 16.5. The number of rotatable bonds is 8. The summed E-state index contributed by atoms with van der Waals surface area (Å²) in [6.07, 6.45) is 7.49. The lowest BCUT2D eigenvalue weighted by atomic mass is 9.97. The predicted molar refractivity (Wildman–Crippen MR) is 128 cm³/mol. The molecule has 0 radical (unpaired) electrons. The van der Waals surface area contributed by atoms with Gasteiger partial charge in [0.15, 0.2) is 0 Å². The maximum Gasteiger partial charge on any atom is 0.144 e. The first-order valence-corrected chi connectivity index (χ1v) is 11.9. The summed E-state index contributed by atoms with van der Waals surface area (Å²) >= 11 is 1.76. The molecule has 3 heterocycles. The van der Waals surface area contributed by atoms with Gasteiger partial charge >= 0.3 is 0 Å². The highest BCUT2D eigenvalue weighted by atomic mass is 32.1. The van der Waals surface area contributed by atoms with Gasteiger partial charge in [0.1, 0.15) is 28.9 Å². The molecular formula is C23H27FN6OS. The summed E-state index contributed by atoms with van der Waals surface area (Å²) < 4.78 is 19.1. The minimum atomic E-state index is -0.687. The summed E-state index contributed by atoms with van der Waals surface area (Å²) in [6.45, 7) is 2.34. The number of hydrogen-bond donors (Lipinski definition) is 3. The van der Waals surface area contributed by atoms with Crippen molar-refractivity contribution in [2.45, 2.75) is 38.3 Å². The Morgan fingerprint density at radius 1 is 1.28 bits per heavy atom. The van der Waals surface area contributed by atoms with Crippen LogP contribution in [0.4, 0.5) is 21.6 Å². The highest BCUT2D eigenvalue weighted by Crippen LogP contribution is 2.40. The van der Waals surface area contributed by atoms with Crippen molar-refractivity contribution in [1.82, 2.24) is 14.9 Å². The van der Waals surface area contributed by atoms with E-state index in [0.29, 0.717) is 36.7 Å². The molecule has 32 heavy (non-hydrogen) atoms. The number of hydrogen-bond acceptors (Lipinski definition) is 8. The van der Waals surface area contributed by atoms with E-state index in [4.69, 9.17) is 15.9 Å². The van der Waals surface area contributed by atoms with E-state index in [1.165, 1.54) is 29.5 Å². The Morgan fingerprint density at radius 2 is 2.12 bits per heavy atom. The molecule has 2 aromatic heterocycles. The number of nitrogens with zero attached hydrogens (tertiary/aromatic N) is 3. The summed E-state index contributed by atoms with van der Waals surface area (Å²) in [5.41, 5.74) is 9.31. The molecule has 0 bridgehead atoms. The molecule has 1 fully saturated rings. The van der Waals surface area contributed by atoms with Crippen LogP contribution in [0, 0.1) is 5.41 Å². The second-order valence-corrected chi connectivity index (χ2v) is 9.50. The average molecular weight is 455 g/mol. The van der Waals surface area contributed by atoms with E-state index < -0.39 is 6.17 Å². The van der Waals surface area contributed by atoms with Crippen molar-refractivity contribution in [3.63, 3.8) is 0 Å². The number of nitrogen functional groups attached to an aromatic ring is 1. The van der Waals surface area contributed by atoms with Crippen LogP contribution < -0.4 is 15.8 Å². The molecule has 1 aromatic carbocycles. The van der Waals surface area contributed by atoms with Crippen LogP contribution in [0.3, 0.4) is 0 Å². The van der Waals surface area contributed by atoms with Gasteiger partial charge in [0, 0.05) is 48.0 Å². The Bertz CT molecular complexity index is 1140. The molecule has 168 valence electrons. The molecule has 9 heteroatoms. The quantitative estimate of drug-likeness (QED) is 0.266. The van der Waals surface area contributed by atoms with Crippen LogP contribution in [0.25, 0.3) is 10.2 Å². The van der Waals surface area contributed by atoms with Crippen LogP contribution in [0.2, 0.25) is 0 Å². The zero-order valence-electron chi connectivity index (χ0n) is 17.9. The largest absolute Gasteiger partial charge is 0.491 e. The van der Waals surface area contributed by atoms with Crippen LogP contribution in [0.1, 0.15) is 35.3 Å². The lowest BCUT2D eigenvalue weighted by Crippen LogP contribution is -2.48. The fourth-order valence-corrected chi connectivity index (χ4v) is 5.66. The second kappa shape index (κ2) is 8.99. The van der Waals surface area contributed by atoms with E-state index in [0.717, 1.165) is 47.5 Å². The Hall–Kier alpha value is -2.78. The molecule has 1 aliphatic carbocycles. The zero-order valence-corrected chi connectivity index (χ0v) is 18.7. The second-order valence-electron chi connectivity index (χ2n) is 8.42. The molecule has 2 aliphatic rings. The van der Waals surface area contributed by atoms with E-state index in [-0.39, 0.29) is 0 Å². The van der Waals surface area contributed by atoms with Gasteiger partial charge in [-0.1, -0.05) is 0 Å². The maximum atomic E-state index is 13.0. The monoisotopic (exact) mass is 454 g/mol. The molecule has 0 amide bonds. The predicted octanol–water partition coefficient (Wildman–Crippen LogP) is 4.32. The van der Waals surface area contributed by atoms with Crippen molar-refractivity contribution in [1.29, 1.82) is 5.41 Å². The van der Waals surface area contributed by atoms with Gasteiger partial charge in [0.2, 0.25) is 0 Å². The van der Waals surface area contributed by atoms with E-state index in [2.05, 4.69) is 20.2 Å². The minimum Gasteiger partial charge on any atom is -0.491 e. The molecular weight excluding hydrogens is 427 g/mol. The summed E-state index contributed by atoms with van der Waals surface area (Å²) in [4.78, 5) is 13.5. The van der Waals surface area contributed by atoms with Gasteiger partial charge in [0.05, 0.1) is 17.7 Å². The van der Waals surface area contributed by atoms with Crippen molar-refractivity contribution in [3.05, 3.63) is 34.5 Å². The first-order valence-electron chi connectivity index (χ1n) is 11.1. The number of thiophene rings is 1. The first kappa shape index (κ1) is 21.1. The molecule has 0 spiro atoms. The molecule has 1 aliphatic heterocycles. The van der Waals surface area contributed by atoms with Gasteiger partial charge in [-0.3, -0.25) is 4.90 Å². The number of fused-ring (bicyclic) bond motifs is 3. The number of likely N-dealkylation sites (tertiary alicyclic amines) is 1. The molecule has 7 nitrogen and oxygen atoms in total. The molecule has 0 unspecified atom stereocenters. The summed E-state index contributed by atoms with van der Waals surface area (Å²) in [6, 6.07) is 3.58. The third-order valence-corrected chi connectivity index (χ3v) is 7.33. The number of aromatic nitrogens is 2. The van der Waals surface area contributed by atoms with Crippen LogP contribution in [0.5, 0.6) is 5.75 Å². The molecule has 4 N–H and O–H groups in total. The highest BCUT2D eigenvalue weighted by molar-refractivity contribution is 7.19. The lowest BCUT2D eigenvalue weighted by Gasteiger charge is -2.34. The summed E-state index contributed by atoms with van der Waals surface area (Å²) in [7, 11) is 0. The minimum absolute atomic E-state index is 0.490. The summed E-state index contributed by atoms with van der Waals surface area (Å²) in [5.74, 6) is 1.38. The van der Waals surface area contributed by atoms with Gasteiger partial charge in [-0.25, -0.2) is 14.4 Å². The van der Waals surface area contributed by atoms with E-state index in [9.17, 15) is 4.39 Å². The fraction of sp³-hybridized carbons (Fsp3) is 0.435. The van der Waals surface area contributed by atoms with E-state index in [1.54, 1.807) is 23.7 Å². The third kappa shape index (κ3) is 4.14. The van der Waals surface area contributed by atoms with E-state index in [1.807, 2.05) is 6.07 Å². The van der Waals surface area contributed by atoms with Gasteiger partial charge in [-0.05, 0) is 43.7 Å². The van der Waals surface area contributed by atoms with Crippen molar-refractivity contribution in [2.75, 3.05) is 37.3 Å². The number of nitrogens with one attached hydrogen (secondary N) is 2. The van der Waals surface area contributed by atoms with Gasteiger partial charge in [-0.2, -0.15) is 0 Å². The summed E-state index contributed by atoms with van der Waals surface area (Å²) in [5, 5.41) is 12.2. The Balaban J connectivity index is 1.40. The Morgan fingerprint density at radius 3 is 2.94 bits per heavy atom. The van der Waals surface area contributed by atoms with Crippen LogP contribution in [-0.4, -0.2) is 53.5 Å². The van der Waals surface area contributed by atoms with Crippen molar-refractivity contribution in [3.8, 4) is 5.75 Å². The van der Waals surface area contributed by atoms with Crippen molar-refractivity contribution in [2.24, 2.45) is 0 Å². The molecule has 0 atom stereocenters. The van der Waals surface area contributed by atoms with E-state index >= 15 is 0 Å². The number of nitrogens with two attached hydrogens (primary N) is 1.